The predicted molar refractivity (Wildman–Crippen MR) is 85.0 cm³/mol. The van der Waals surface area contributed by atoms with Gasteiger partial charge in [0.1, 0.15) is 0 Å². The fraction of sp³-hybridized carbons (Fsp3) is 0.267. The minimum absolute atomic E-state index is 0.162. The van der Waals surface area contributed by atoms with E-state index in [9.17, 15) is 0 Å². The van der Waals surface area contributed by atoms with E-state index >= 15 is 0 Å². The summed E-state index contributed by atoms with van der Waals surface area (Å²) in [6, 6.07) is 7.70. The zero-order chi connectivity index (χ0) is 14.1. The van der Waals surface area contributed by atoms with Crippen LogP contribution in [-0.4, -0.2) is 4.98 Å². The summed E-state index contributed by atoms with van der Waals surface area (Å²) in [4.78, 5) is 4.50. The minimum Gasteiger partial charge on any atom is -0.375 e. The van der Waals surface area contributed by atoms with E-state index in [1.807, 2.05) is 12.3 Å². The van der Waals surface area contributed by atoms with E-state index in [0.29, 0.717) is 15.1 Å². The van der Waals surface area contributed by atoms with E-state index < -0.39 is 0 Å². The molecule has 1 atom stereocenters. The van der Waals surface area contributed by atoms with Crippen molar-refractivity contribution in [2.45, 2.75) is 25.3 Å². The molecular formula is C15H13Cl3N2. The Hall–Kier alpha value is -0.960. The Balaban J connectivity index is 1.91. The van der Waals surface area contributed by atoms with Crippen LogP contribution in [0.2, 0.25) is 15.1 Å². The van der Waals surface area contributed by atoms with E-state index in [2.05, 4.69) is 16.4 Å². The number of halogens is 3. The van der Waals surface area contributed by atoms with Gasteiger partial charge < -0.3 is 5.32 Å². The first-order valence-electron chi connectivity index (χ1n) is 6.50. The molecule has 0 spiro atoms. The number of aryl methyl sites for hydroxylation is 1. The molecule has 3 rings (SSSR count). The van der Waals surface area contributed by atoms with Gasteiger partial charge in [-0.15, -0.1) is 0 Å². The van der Waals surface area contributed by atoms with E-state index in [0.717, 1.165) is 30.6 Å². The van der Waals surface area contributed by atoms with Crippen LogP contribution in [0.15, 0.2) is 30.5 Å². The molecule has 1 unspecified atom stereocenters. The third-order valence-corrected chi connectivity index (χ3v) is 4.57. The van der Waals surface area contributed by atoms with Crippen molar-refractivity contribution in [2.75, 3.05) is 5.32 Å². The van der Waals surface area contributed by atoms with Crippen molar-refractivity contribution >= 4 is 40.5 Å². The lowest BCUT2D eigenvalue weighted by atomic mass is 9.92. The average molecular weight is 328 g/mol. The van der Waals surface area contributed by atoms with Gasteiger partial charge >= 0.3 is 0 Å². The maximum atomic E-state index is 6.22. The highest BCUT2D eigenvalue weighted by Crippen LogP contribution is 2.36. The van der Waals surface area contributed by atoms with Crippen LogP contribution in [0.4, 0.5) is 5.69 Å². The molecule has 20 heavy (non-hydrogen) atoms. The molecule has 0 saturated heterocycles. The lowest BCUT2D eigenvalue weighted by molar-refractivity contribution is 0.583. The zero-order valence-corrected chi connectivity index (χ0v) is 12.9. The number of nitrogens with zero attached hydrogens (tertiary/aromatic N) is 1. The predicted octanol–water partition coefficient (Wildman–Crippen LogP) is 5.53. The second-order valence-corrected chi connectivity index (χ2v) is 6.10. The zero-order valence-electron chi connectivity index (χ0n) is 10.7. The fourth-order valence-electron chi connectivity index (χ4n) is 2.57. The van der Waals surface area contributed by atoms with Crippen LogP contribution in [0.1, 0.15) is 30.1 Å². The lowest BCUT2D eigenvalue weighted by Gasteiger charge is -2.26. The monoisotopic (exact) mass is 326 g/mol. The highest BCUT2D eigenvalue weighted by Gasteiger charge is 2.22. The first-order chi connectivity index (χ1) is 9.65. The highest BCUT2D eigenvalue weighted by atomic mass is 35.5. The minimum atomic E-state index is 0.162. The Morgan fingerprint density at radius 2 is 1.90 bits per heavy atom. The molecule has 2 aromatic rings. The molecule has 0 bridgehead atoms. The molecule has 1 aromatic heterocycles. The van der Waals surface area contributed by atoms with E-state index in [4.69, 9.17) is 34.8 Å². The van der Waals surface area contributed by atoms with Gasteiger partial charge in [0.2, 0.25) is 0 Å². The number of pyridine rings is 1. The second kappa shape index (κ2) is 5.80. The van der Waals surface area contributed by atoms with E-state index in [-0.39, 0.29) is 6.04 Å². The SMILES string of the molecule is Clc1cc(Cl)c(NC2CCCc3cccnc32)cc1Cl. The molecule has 0 fully saturated rings. The molecule has 1 aromatic carbocycles. The smallest absolute Gasteiger partial charge is 0.0688 e. The van der Waals surface area contributed by atoms with Crippen LogP contribution in [0.25, 0.3) is 0 Å². The Morgan fingerprint density at radius 1 is 1.10 bits per heavy atom. The van der Waals surface area contributed by atoms with Crippen molar-refractivity contribution < 1.29 is 0 Å². The molecule has 0 radical (unpaired) electrons. The van der Waals surface area contributed by atoms with Gasteiger partial charge in [-0.1, -0.05) is 40.9 Å². The lowest BCUT2D eigenvalue weighted by Crippen LogP contribution is -2.19. The van der Waals surface area contributed by atoms with Crippen LogP contribution in [-0.2, 0) is 6.42 Å². The third kappa shape index (κ3) is 2.73. The van der Waals surface area contributed by atoms with Gasteiger partial charge in [0, 0.05) is 6.20 Å². The summed E-state index contributed by atoms with van der Waals surface area (Å²) in [6.45, 7) is 0. The van der Waals surface area contributed by atoms with Crippen molar-refractivity contribution in [1.29, 1.82) is 0 Å². The summed E-state index contributed by atoms with van der Waals surface area (Å²) in [5.74, 6) is 0. The van der Waals surface area contributed by atoms with Gasteiger partial charge in [-0.3, -0.25) is 4.98 Å². The van der Waals surface area contributed by atoms with Crippen LogP contribution in [0.5, 0.6) is 0 Å². The summed E-state index contributed by atoms with van der Waals surface area (Å²) >= 11 is 18.2. The number of rotatable bonds is 2. The maximum Gasteiger partial charge on any atom is 0.0688 e. The number of fused-ring (bicyclic) bond motifs is 1. The topological polar surface area (TPSA) is 24.9 Å². The van der Waals surface area contributed by atoms with Gasteiger partial charge in [0.05, 0.1) is 32.5 Å². The van der Waals surface area contributed by atoms with Gasteiger partial charge in [0.25, 0.3) is 0 Å². The molecule has 1 aliphatic rings. The molecule has 0 aliphatic heterocycles. The van der Waals surface area contributed by atoms with E-state index in [1.54, 1.807) is 12.1 Å². The number of hydrogen-bond donors (Lipinski definition) is 1. The Morgan fingerprint density at radius 3 is 2.75 bits per heavy atom. The quantitative estimate of drug-likeness (QED) is 0.733. The van der Waals surface area contributed by atoms with Crippen molar-refractivity contribution in [2.24, 2.45) is 0 Å². The molecule has 5 heteroatoms. The van der Waals surface area contributed by atoms with Crippen LogP contribution in [0.3, 0.4) is 0 Å². The molecule has 0 amide bonds. The fourth-order valence-corrected chi connectivity index (χ4v) is 3.17. The number of aromatic nitrogens is 1. The summed E-state index contributed by atoms with van der Waals surface area (Å²) in [6.07, 6.45) is 5.07. The molecule has 0 saturated carbocycles. The van der Waals surface area contributed by atoms with Crippen LogP contribution >= 0.6 is 34.8 Å². The standard InChI is InChI=1S/C15H13Cl3N2/c16-10-7-12(18)14(8-11(10)17)20-13-5-1-3-9-4-2-6-19-15(9)13/h2,4,6-8,13,20H,1,3,5H2. The van der Waals surface area contributed by atoms with Crippen molar-refractivity contribution in [3.63, 3.8) is 0 Å². The Labute approximate surface area is 133 Å². The summed E-state index contributed by atoms with van der Waals surface area (Å²) in [5, 5.41) is 4.97. The number of anilines is 1. The van der Waals surface area contributed by atoms with Crippen molar-refractivity contribution in [1.82, 2.24) is 4.98 Å². The van der Waals surface area contributed by atoms with Gasteiger partial charge in [0.15, 0.2) is 0 Å². The largest absolute Gasteiger partial charge is 0.375 e. The molecule has 2 nitrogen and oxygen atoms in total. The molecule has 1 heterocycles. The van der Waals surface area contributed by atoms with Crippen LogP contribution < -0.4 is 5.32 Å². The molecule has 1 N–H and O–H groups in total. The maximum absolute atomic E-state index is 6.22. The first-order valence-corrected chi connectivity index (χ1v) is 7.63. The average Bonchev–Trinajstić information content (AvgIpc) is 2.45. The third-order valence-electron chi connectivity index (χ3n) is 3.53. The summed E-state index contributed by atoms with van der Waals surface area (Å²) < 4.78 is 0. The normalized spacial score (nSPS) is 17.6. The first kappa shape index (κ1) is 14.0. The number of nitrogens with one attached hydrogen (secondary N) is 1. The molecule has 104 valence electrons. The van der Waals surface area contributed by atoms with Gasteiger partial charge in [-0.25, -0.2) is 0 Å². The second-order valence-electron chi connectivity index (χ2n) is 4.88. The Kier molecular flexibility index (Phi) is 4.06. The summed E-state index contributed by atoms with van der Waals surface area (Å²) in [7, 11) is 0. The number of hydrogen-bond acceptors (Lipinski definition) is 2. The molecular weight excluding hydrogens is 315 g/mol. The van der Waals surface area contributed by atoms with E-state index in [1.165, 1.54) is 5.56 Å². The number of benzene rings is 1. The van der Waals surface area contributed by atoms with Crippen molar-refractivity contribution in [3.8, 4) is 0 Å². The van der Waals surface area contributed by atoms with Gasteiger partial charge in [-0.2, -0.15) is 0 Å². The molecule has 1 aliphatic carbocycles. The Bertz CT molecular complexity index is 643. The van der Waals surface area contributed by atoms with Crippen LogP contribution in [0, 0.1) is 0 Å². The van der Waals surface area contributed by atoms with Gasteiger partial charge in [-0.05, 0) is 43.0 Å². The summed E-state index contributed by atoms with van der Waals surface area (Å²) in [5.41, 5.74) is 3.19. The van der Waals surface area contributed by atoms with Crippen molar-refractivity contribution in [3.05, 3.63) is 56.8 Å². The highest BCUT2D eigenvalue weighted by molar-refractivity contribution is 6.44.